The van der Waals surface area contributed by atoms with Crippen LogP contribution in [0.3, 0.4) is 0 Å². The van der Waals surface area contributed by atoms with Gasteiger partial charge in [0.05, 0.1) is 6.54 Å². The van der Waals surface area contributed by atoms with Gasteiger partial charge < -0.3 is 19.4 Å². The quantitative estimate of drug-likeness (QED) is 0.750. The van der Waals surface area contributed by atoms with Crippen LogP contribution in [0.2, 0.25) is 0 Å². The Morgan fingerprint density at radius 1 is 1.37 bits per heavy atom. The van der Waals surface area contributed by atoms with E-state index in [9.17, 15) is 9.59 Å². The molecule has 1 aromatic heterocycles. The van der Waals surface area contributed by atoms with Crippen LogP contribution in [-0.4, -0.2) is 88.4 Å². The van der Waals surface area contributed by atoms with Crippen molar-refractivity contribution >= 4 is 12.0 Å². The predicted molar refractivity (Wildman–Crippen MR) is 101 cm³/mol. The smallest absolute Gasteiger partial charge is 0.410 e. The summed E-state index contributed by atoms with van der Waals surface area (Å²) in [5.41, 5.74) is 0.140. The van der Waals surface area contributed by atoms with Gasteiger partial charge in [0.2, 0.25) is 0 Å². The molecule has 0 unspecified atom stereocenters. The minimum Gasteiger partial charge on any atom is -0.441 e. The molecule has 2 saturated heterocycles. The molecular weight excluding hydrogens is 346 g/mol. The van der Waals surface area contributed by atoms with E-state index in [1.807, 2.05) is 9.80 Å². The number of rotatable bonds is 6. The van der Waals surface area contributed by atoms with Gasteiger partial charge in [-0.15, -0.1) is 0 Å². The third-order valence-corrected chi connectivity index (χ3v) is 5.47. The highest BCUT2D eigenvalue weighted by Crippen LogP contribution is 2.33. The standard InChI is InChI=1S/C19H31N5O3/c1-15(2)13-21(3)11-12-24-14-19(27-18(24)26)6-9-23(10-7-19)17(25)16-5-8-20-22(16)4/h5,8,15H,6-7,9-14H2,1-4H3. The molecular formula is C19H31N5O3. The van der Waals surface area contributed by atoms with Crippen molar-refractivity contribution in [1.29, 1.82) is 0 Å². The fourth-order valence-corrected chi connectivity index (χ4v) is 3.99. The summed E-state index contributed by atoms with van der Waals surface area (Å²) >= 11 is 0. The molecule has 8 nitrogen and oxygen atoms in total. The first kappa shape index (κ1) is 19.7. The van der Waals surface area contributed by atoms with Crippen molar-refractivity contribution in [2.24, 2.45) is 13.0 Å². The van der Waals surface area contributed by atoms with Gasteiger partial charge in [0.15, 0.2) is 0 Å². The van der Waals surface area contributed by atoms with Gasteiger partial charge in [0.1, 0.15) is 11.3 Å². The summed E-state index contributed by atoms with van der Waals surface area (Å²) in [4.78, 5) is 30.8. The molecule has 2 fully saturated rings. The zero-order valence-corrected chi connectivity index (χ0v) is 16.8. The van der Waals surface area contributed by atoms with Gasteiger partial charge in [0, 0.05) is 58.8 Å². The number of aromatic nitrogens is 2. The number of likely N-dealkylation sites (tertiary alicyclic amines) is 1. The second kappa shape index (κ2) is 7.88. The summed E-state index contributed by atoms with van der Waals surface area (Å²) < 4.78 is 7.37. The number of nitrogens with zero attached hydrogens (tertiary/aromatic N) is 5. The lowest BCUT2D eigenvalue weighted by Crippen LogP contribution is -2.49. The summed E-state index contributed by atoms with van der Waals surface area (Å²) in [6.07, 6.45) is 2.77. The molecule has 1 aromatic rings. The van der Waals surface area contributed by atoms with Gasteiger partial charge in [-0.2, -0.15) is 5.10 Å². The lowest BCUT2D eigenvalue weighted by molar-refractivity contribution is 0.00283. The van der Waals surface area contributed by atoms with Gasteiger partial charge in [-0.25, -0.2) is 4.79 Å². The first-order valence-electron chi connectivity index (χ1n) is 9.73. The summed E-state index contributed by atoms with van der Waals surface area (Å²) in [5.74, 6) is 0.592. The van der Waals surface area contributed by atoms with Crippen LogP contribution in [0.1, 0.15) is 37.2 Å². The first-order chi connectivity index (χ1) is 12.8. The predicted octanol–water partition coefficient (Wildman–Crippen LogP) is 1.43. The highest BCUT2D eigenvalue weighted by Gasteiger charge is 2.47. The van der Waals surface area contributed by atoms with E-state index in [0.29, 0.717) is 50.6 Å². The monoisotopic (exact) mass is 377 g/mol. The summed E-state index contributed by atoms with van der Waals surface area (Å²) in [6, 6.07) is 1.73. The zero-order valence-electron chi connectivity index (χ0n) is 16.8. The molecule has 150 valence electrons. The van der Waals surface area contributed by atoms with Crippen molar-refractivity contribution < 1.29 is 14.3 Å². The number of likely N-dealkylation sites (N-methyl/N-ethyl adjacent to an activating group) is 1. The van der Waals surface area contributed by atoms with Crippen molar-refractivity contribution in [3.63, 3.8) is 0 Å². The largest absolute Gasteiger partial charge is 0.441 e. The third kappa shape index (κ3) is 4.43. The Balaban J connectivity index is 1.52. The van der Waals surface area contributed by atoms with Crippen molar-refractivity contribution in [3.8, 4) is 0 Å². The van der Waals surface area contributed by atoms with Gasteiger partial charge >= 0.3 is 6.09 Å². The van der Waals surface area contributed by atoms with Gasteiger partial charge in [-0.3, -0.25) is 9.48 Å². The Hall–Kier alpha value is -2.09. The van der Waals surface area contributed by atoms with Crippen LogP contribution in [0, 0.1) is 5.92 Å². The topological polar surface area (TPSA) is 70.9 Å². The Kier molecular flexibility index (Phi) is 5.74. The zero-order chi connectivity index (χ0) is 19.6. The van der Waals surface area contributed by atoms with E-state index in [1.54, 1.807) is 24.0 Å². The average Bonchev–Trinajstić information content (AvgIpc) is 3.16. The normalized spacial score (nSPS) is 19.4. The molecule has 3 heterocycles. The van der Waals surface area contributed by atoms with Crippen molar-refractivity contribution in [1.82, 2.24) is 24.5 Å². The number of carbonyl (C=O) groups excluding carboxylic acids is 2. The number of ether oxygens (including phenoxy) is 1. The maximum atomic E-state index is 12.6. The van der Waals surface area contributed by atoms with Crippen LogP contribution in [0.15, 0.2) is 12.3 Å². The van der Waals surface area contributed by atoms with E-state index < -0.39 is 5.60 Å². The van der Waals surface area contributed by atoms with Crippen molar-refractivity contribution in [2.45, 2.75) is 32.3 Å². The lowest BCUT2D eigenvalue weighted by Gasteiger charge is -2.37. The van der Waals surface area contributed by atoms with Crippen LogP contribution in [0.25, 0.3) is 0 Å². The number of hydrogen-bond donors (Lipinski definition) is 0. The average molecular weight is 377 g/mol. The fourth-order valence-electron chi connectivity index (χ4n) is 3.99. The van der Waals surface area contributed by atoms with E-state index in [1.165, 1.54) is 0 Å². The van der Waals surface area contributed by atoms with E-state index in [4.69, 9.17) is 4.74 Å². The summed E-state index contributed by atoms with van der Waals surface area (Å²) in [6.45, 7) is 8.73. The van der Waals surface area contributed by atoms with E-state index in [2.05, 4.69) is 30.9 Å². The second-order valence-electron chi connectivity index (χ2n) is 8.26. The molecule has 1 spiro atoms. The molecule has 3 rings (SSSR count). The fraction of sp³-hybridized carbons (Fsp3) is 0.737. The maximum Gasteiger partial charge on any atom is 0.410 e. The summed E-state index contributed by atoms with van der Waals surface area (Å²) in [5, 5.41) is 4.06. The van der Waals surface area contributed by atoms with Crippen LogP contribution in [0.5, 0.6) is 0 Å². The Labute approximate surface area is 161 Å². The molecule has 8 heteroatoms. The molecule has 0 radical (unpaired) electrons. The number of aryl methyl sites for hydroxylation is 1. The number of hydrogen-bond acceptors (Lipinski definition) is 5. The number of carbonyl (C=O) groups is 2. The van der Waals surface area contributed by atoms with Gasteiger partial charge in [0.25, 0.3) is 5.91 Å². The maximum absolute atomic E-state index is 12.6. The molecule has 2 aliphatic rings. The molecule has 0 atom stereocenters. The molecule has 0 N–H and O–H groups in total. The molecule has 0 aliphatic carbocycles. The van der Waals surface area contributed by atoms with Crippen LogP contribution in [0.4, 0.5) is 4.79 Å². The molecule has 2 aliphatic heterocycles. The van der Waals surface area contributed by atoms with Crippen molar-refractivity contribution in [3.05, 3.63) is 18.0 Å². The highest BCUT2D eigenvalue weighted by molar-refractivity contribution is 5.92. The van der Waals surface area contributed by atoms with E-state index >= 15 is 0 Å². The van der Waals surface area contributed by atoms with Crippen LogP contribution >= 0.6 is 0 Å². The number of amides is 2. The van der Waals surface area contributed by atoms with Crippen LogP contribution < -0.4 is 0 Å². The van der Waals surface area contributed by atoms with E-state index in [0.717, 1.165) is 13.1 Å². The molecule has 0 aromatic carbocycles. The van der Waals surface area contributed by atoms with E-state index in [-0.39, 0.29) is 12.0 Å². The Bertz CT molecular complexity index is 679. The minimum atomic E-state index is -0.447. The molecule has 0 saturated carbocycles. The molecule has 27 heavy (non-hydrogen) atoms. The first-order valence-corrected chi connectivity index (χ1v) is 9.73. The van der Waals surface area contributed by atoms with Crippen LogP contribution in [-0.2, 0) is 11.8 Å². The molecule has 2 amide bonds. The Morgan fingerprint density at radius 3 is 2.67 bits per heavy atom. The third-order valence-electron chi connectivity index (χ3n) is 5.47. The molecule has 0 bridgehead atoms. The van der Waals surface area contributed by atoms with Crippen molar-refractivity contribution in [2.75, 3.05) is 46.3 Å². The minimum absolute atomic E-state index is 0.0126. The number of piperidine rings is 1. The Morgan fingerprint density at radius 2 is 2.07 bits per heavy atom. The summed E-state index contributed by atoms with van der Waals surface area (Å²) in [7, 11) is 3.85. The SMILES string of the molecule is CC(C)CN(C)CCN1CC2(CCN(C(=O)c3ccnn3C)CC2)OC1=O. The lowest BCUT2D eigenvalue weighted by atomic mass is 9.91. The second-order valence-corrected chi connectivity index (χ2v) is 8.26. The highest BCUT2D eigenvalue weighted by atomic mass is 16.6. The van der Waals surface area contributed by atoms with Gasteiger partial charge in [-0.1, -0.05) is 13.8 Å². The van der Waals surface area contributed by atoms with Gasteiger partial charge in [-0.05, 0) is 19.0 Å².